The van der Waals surface area contributed by atoms with Gasteiger partial charge in [0.25, 0.3) is 0 Å². The molecule has 1 unspecified atom stereocenters. The SMILES string of the molecule is NP(O)O.NP(O)OCCCCCCBr. The maximum atomic E-state index is 8.57. The summed E-state index contributed by atoms with van der Waals surface area (Å²) in [7, 11) is -3.75. The van der Waals surface area contributed by atoms with Gasteiger partial charge in [0.1, 0.15) is 0 Å². The van der Waals surface area contributed by atoms with Gasteiger partial charge in [0.05, 0.1) is 6.61 Å². The van der Waals surface area contributed by atoms with E-state index >= 15 is 0 Å². The normalized spacial score (nSPS) is 12.2. The second kappa shape index (κ2) is 15.1. The van der Waals surface area contributed by atoms with Gasteiger partial charge < -0.3 is 19.2 Å². The zero-order chi connectivity index (χ0) is 12.1. The van der Waals surface area contributed by atoms with E-state index in [1.165, 1.54) is 12.8 Å². The molecule has 0 amide bonds. The molecular formula is C6H19BrN2O4P2. The van der Waals surface area contributed by atoms with Crippen LogP contribution >= 0.6 is 33.0 Å². The molecule has 15 heavy (non-hydrogen) atoms. The van der Waals surface area contributed by atoms with Gasteiger partial charge in [-0.2, -0.15) is 0 Å². The van der Waals surface area contributed by atoms with Crippen LogP contribution in [0.3, 0.4) is 0 Å². The van der Waals surface area contributed by atoms with Crippen LogP contribution < -0.4 is 11.0 Å². The second-order valence-corrected chi connectivity index (χ2v) is 4.86. The molecule has 0 radical (unpaired) electrons. The van der Waals surface area contributed by atoms with E-state index in [0.717, 1.165) is 18.2 Å². The van der Waals surface area contributed by atoms with Gasteiger partial charge in [0.2, 0.25) is 17.1 Å². The van der Waals surface area contributed by atoms with Crippen molar-refractivity contribution in [2.75, 3.05) is 11.9 Å². The Morgan fingerprint density at radius 3 is 1.87 bits per heavy atom. The number of hydrogen-bond acceptors (Lipinski definition) is 6. The summed E-state index contributed by atoms with van der Waals surface area (Å²) in [5, 5.41) is 1.07. The zero-order valence-electron chi connectivity index (χ0n) is 8.42. The molecule has 0 saturated heterocycles. The van der Waals surface area contributed by atoms with E-state index in [-0.39, 0.29) is 0 Å². The molecular weight excluding hydrogens is 306 g/mol. The molecule has 0 spiro atoms. The summed E-state index contributed by atoms with van der Waals surface area (Å²) in [6.07, 6.45) is 4.55. The molecule has 7 N–H and O–H groups in total. The first kappa shape index (κ1) is 18.5. The predicted molar refractivity (Wildman–Crippen MR) is 67.1 cm³/mol. The first-order valence-corrected chi connectivity index (χ1v) is 8.07. The first-order valence-electron chi connectivity index (χ1n) is 4.35. The van der Waals surface area contributed by atoms with Crippen LogP contribution in [0, 0.1) is 0 Å². The van der Waals surface area contributed by atoms with Crippen molar-refractivity contribution in [1.29, 1.82) is 0 Å². The van der Waals surface area contributed by atoms with Crippen LogP contribution in [-0.4, -0.2) is 26.6 Å². The third kappa shape index (κ3) is 31.3. The van der Waals surface area contributed by atoms with Gasteiger partial charge in [-0.1, -0.05) is 28.8 Å². The van der Waals surface area contributed by atoms with Crippen molar-refractivity contribution < 1.29 is 19.2 Å². The molecule has 1 atom stereocenters. The van der Waals surface area contributed by atoms with Gasteiger partial charge in [-0.25, -0.2) is 0 Å². The zero-order valence-corrected chi connectivity index (χ0v) is 11.8. The number of halogens is 1. The molecule has 94 valence electrons. The third-order valence-electron chi connectivity index (χ3n) is 1.25. The molecule has 0 rings (SSSR count). The summed E-state index contributed by atoms with van der Waals surface area (Å²) in [5.74, 6) is 0. The van der Waals surface area contributed by atoms with Crippen LogP contribution in [0.4, 0.5) is 0 Å². The summed E-state index contributed by atoms with van der Waals surface area (Å²) in [6, 6.07) is 0. The lowest BCUT2D eigenvalue weighted by Crippen LogP contribution is -1.95. The molecule has 0 aliphatic heterocycles. The summed E-state index contributed by atoms with van der Waals surface area (Å²) in [5.41, 5.74) is 9.31. The van der Waals surface area contributed by atoms with E-state index in [1.54, 1.807) is 0 Å². The average molecular weight is 325 g/mol. The number of unbranched alkanes of at least 4 members (excludes halogenated alkanes) is 3. The molecule has 6 nitrogen and oxygen atoms in total. The number of rotatable bonds is 7. The highest BCUT2D eigenvalue weighted by atomic mass is 79.9. The molecule has 0 aromatic rings. The summed E-state index contributed by atoms with van der Waals surface area (Å²) < 4.78 is 4.81. The van der Waals surface area contributed by atoms with Crippen molar-refractivity contribution in [1.82, 2.24) is 0 Å². The van der Waals surface area contributed by atoms with Crippen LogP contribution in [0.2, 0.25) is 0 Å². The van der Waals surface area contributed by atoms with E-state index in [0.29, 0.717) is 6.61 Å². The molecule has 0 bridgehead atoms. The highest BCUT2D eigenvalue weighted by Crippen LogP contribution is 2.19. The number of alkyl halides is 1. The molecule has 0 fully saturated rings. The van der Waals surface area contributed by atoms with Crippen molar-refractivity contribution >= 4 is 33.0 Å². The van der Waals surface area contributed by atoms with E-state index in [4.69, 9.17) is 24.7 Å². The van der Waals surface area contributed by atoms with E-state index < -0.39 is 17.1 Å². The fraction of sp³-hybridized carbons (Fsp3) is 1.00. The van der Waals surface area contributed by atoms with Crippen molar-refractivity contribution in [2.45, 2.75) is 25.7 Å². The Kier molecular flexibility index (Phi) is 18.6. The lowest BCUT2D eigenvalue weighted by Gasteiger charge is -2.03. The quantitative estimate of drug-likeness (QED) is 0.273. The highest BCUT2D eigenvalue weighted by molar-refractivity contribution is 9.09. The monoisotopic (exact) mass is 324 g/mol. The molecule has 0 aliphatic carbocycles. The van der Waals surface area contributed by atoms with Gasteiger partial charge in [-0.3, -0.25) is 11.0 Å². The Balaban J connectivity index is 0. The van der Waals surface area contributed by atoms with E-state index in [9.17, 15) is 0 Å². The largest absolute Gasteiger partial charge is 0.338 e. The first-order chi connectivity index (χ1) is 7.00. The smallest absolute Gasteiger partial charge is 0.250 e. The van der Waals surface area contributed by atoms with Crippen molar-refractivity contribution in [3.05, 3.63) is 0 Å². The van der Waals surface area contributed by atoms with Gasteiger partial charge in [0.15, 0.2) is 0 Å². The highest BCUT2D eigenvalue weighted by Gasteiger charge is 1.95. The minimum Gasteiger partial charge on any atom is -0.338 e. The Bertz CT molecular complexity index is 121. The molecule has 0 aromatic heterocycles. The van der Waals surface area contributed by atoms with Crippen LogP contribution in [0.1, 0.15) is 25.7 Å². The Hall–Kier alpha value is 1.10. The van der Waals surface area contributed by atoms with Crippen LogP contribution in [0.5, 0.6) is 0 Å². The number of nitrogens with two attached hydrogens (primary N) is 2. The van der Waals surface area contributed by atoms with Gasteiger partial charge in [-0.15, -0.1) is 0 Å². The summed E-state index contributed by atoms with van der Waals surface area (Å²) in [6.45, 7) is 0.584. The third-order valence-corrected chi connectivity index (χ3v) is 2.26. The molecule has 0 aromatic carbocycles. The maximum absolute atomic E-state index is 8.57. The summed E-state index contributed by atoms with van der Waals surface area (Å²) >= 11 is 3.35. The lowest BCUT2D eigenvalue weighted by molar-refractivity contribution is 0.299. The Morgan fingerprint density at radius 1 is 1.00 bits per heavy atom. The standard InChI is InChI=1S/C6H15BrNO2P.H4NO2P/c7-5-3-1-2-4-6-10-11(8)9;1-4(2)3/h9H,1-6,8H2;2-3H,1H2. The topological polar surface area (TPSA) is 122 Å². The molecule has 0 saturated carbocycles. The van der Waals surface area contributed by atoms with Gasteiger partial charge >= 0.3 is 0 Å². The molecule has 0 heterocycles. The Labute approximate surface area is 101 Å². The lowest BCUT2D eigenvalue weighted by atomic mass is 10.2. The minimum absolute atomic E-state index is 0.584. The predicted octanol–water partition coefficient (Wildman–Crippen LogP) is 1.29. The van der Waals surface area contributed by atoms with Crippen LogP contribution in [0.15, 0.2) is 0 Å². The minimum atomic E-state index is -2.12. The van der Waals surface area contributed by atoms with Gasteiger partial charge in [-0.05, 0) is 12.8 Å². The van der Waals surface area contributed by atoms with Crippen molar-refractivity contribution in [2.24, 2.45) is 11.0 Å². The van der Waals surface area contributed by atoms with Crippen molar-refractivity contribution in [3.63, 3.8) is 0 Å². The maximum Gasteiger partial charge on any atom is 0.250 e. The summed E-state index contributed by atoms with van der Waals surface area (Å²) in [4.78, 5) is 23.5. The Morgan fingerprint density at radius 2 is 1.47 bits per heavy atom. The van der Waals surface area contributed by atoms with Gasteiger partial charge in [0, 0.05) is 5.33 Å². The van der Waals surface area contributed by atoms with Crippen LogP contribution in [0.25, 0.3) is 0 Å². The van der Waals surface area contributed by atoms with Crippen molar-refractivity contribution in [3.8, 4) is 0 Å². The van der Waals surface area contributed by atoms with E-state index in [2.05, 4.69) is 21.4 Å². The average Bonchev–Trinajstić information content (AvgIpc) is 2.09. The molecule has 9 heteroatoms. The second-order valence-electron chi connectivity index (χ2n) is 2.56. The van der Waals surface area contributed by atoms with E-state index in [1.807, 2.05) is 0 Å². The molecule has 0 aliphatic rings. The fourth-order valence-electron chi connectivity index (χ4n) is 0.708. The van der Waals surface area contributed by atoms with Crippen LogP contribution in [-0.2, 0) is 4.52 Å². The fourth-order valence-corrected chi connectivity index (χ4v) is 1.42. The number of hydrogen-bond donors (Lipinski definition) is 5.